The van der Waals surface area contributed by atoms with Gasteiger partial charge in [0.05, 0.1) is 0 Å². The summed E-state index contributed by atoms with van der Waals surface area (Å²) in [6, 6.07) is 2.96. The molecule has 2 heterocycles. The van der Waals surface area contributed by atoms with Crippen molar-refractivity contribution in [3.63, 3.8) is 0 Å². The summed E-state index contributed by atoms with van der Waals surface area (Å²) in [4.78, 5) is 0. The molecular weight excluding hydrogens is 159 g/mol. The van der Waals surface area contributed by atoms with Crippen LogP contribution in [0.5, 0.6) is 0 Å². The van der Waals surface area contributed by atoms with Crippen LogP contribution in [0.3, 0.4) is 0 Å². The average Bonchev–Trinajstić information content (AvgIpc) is 2.50. The Morgan fingerprint density at radius 2 is 2.42 bits per heavy atom. The third kappa shape index (κ3) is 0.820. The van der Waals surface area contributed by atoms with Crippen LogP contribution in [0.1, 0.15) is 5.56 Å². The first-order valence-electron chi connectivity index (χ1n) is 3.20. The molecule has 0 amide bonds. The molecule has 0 saturated heterocycles. The highest BCUT2D eigenvalue weighted by molar-refractivity contribution is 5.53. The molecule has 2 rings (SSSR count). The van der Waals surface area contributed by atoms with E-state index < -0.39 is 5.82 Å². The fraction of sp³-hybridized carbons (Fsp3) is 0. The molecule has 2 aromatic rings. The van der Waals surface area contributed by atoms with Crippen molar-refractivity contribution in [3.8, 4) is 6.07 Å². The molecule has 0 atom stereocenters. The van der Waals surface area contributed by atoms with Gasteiger partial charge in [-0.05, 0) is 6.07 Å². The summed E-state index contributed by atoms with van der Waals surface area (Å²) in [5.74, 6) is -0.473. The smallest absolute Gasteiger partial charge is 0.178 e. The maximum absolute atomic E-state index is 12.7. The molecule has 2 aromatic heterocycles. The van der Waals surface area contributed by atoms with Crippen LogP contribution < -0.4 is 0 Å². The van der Waals surface area contributed by atoms with Crippen LogP contribution in [0.15, 0.2) is 18.6 Å². The maximum Gasteiger partial charge on any atom is 0.178 e. The van der Waals surface area contributed by atoms with Crippen molar-refractivity contribution in [2.24, 2.45) is 0 Å². The molecule has 0 radical (unpaired) electrons. The van der Waals surface area contributed by atoms with E-state index in [4.69, 9.17) is 5.26 Å². The molecule has 0 fully saturated rings. The molecule has 0 aliphatic carbocycles. The Bertz CT molecular complexity index is 468. The zero-order valence-electron chi connectivity index (χ0n) is 5.90. The van der Waals surface area contributed by atoms with E-state index in [1.807, 2.05) is 6.07 Å². The minimum absolute atomic E-state index is 0.188. The molecule has 0 N–H and O–H groups in total. The van der Waals surface area contributed by atoms with Gasteiger partial charge in [-0.3, -0.25) is 4.40 Å². The van der Waals surface area contributed by atoms with Crippen LogP contribution >= 0.6 is 0 Å². The number of pyridine rings is 1. The summed E-state index contributed by atoms with van der Waals surface area (Å²) >= 11 is 0. The van der Waals surface area contributed by atoms with Crippen molar-refractivity contribution in [1.29, 1.82) is 5.26 Å². The summed E-state index contributed by atoms with van der Waals surface area (Å²) < 4.78 is 14.1. The van der Waals surface area contributed by atoms with E-state index >= 15 is 0 Å². The number of rotatable bonds is 0. The first kappa shape index (κ1) is 6.73. The lowest BCUT2D eigenvalue weighted by molar-refractivity contribution is 0.618. The van der Waals surface area contributed by atoms with Gasteiger partial charge < -0.3 is 0 Å². The Balaban J connectivity index is 2.91. The number of hydrogen-bond donors (Lipinski definition) is 0. The van der Waals surface area contributed by atoms with Gasteiger partial charge in [-0.15, -0.1) is 10.2 Å². The average molecular weight is 162 g/mol. The third-order valence-corrected chi connectivity index (χ3v) is 1.48. The predicted molar refractivity (Wildman–Crippen MR) is 37.7 cm³/mol. The van der Waals surface area contributed by atoms with Gasteiger partial charge in [-0.2, -0.15) is 5.26 Å². The van der Waals surface area contributed by atoms with E-state index in [1.165, 1.54) is 16.9 Å². The number of nitrogens with zero attached hydrogens (tertiary/aromatic N) is 4. The van der Waals surface area contributed by atoms with Gasteiger partial charge in [0.15, 0.2) is 5.65 Å². The van der Waals surface area contributed by atoms with Crippen LogP contribution in [0.2, 0.25) is 0 Å². The van der Waals surface area contributed by atoms with E-state index in [1.54, 1.807) is 0 Å². The van der Waals surface area contributed by atoms with Gasteiger partial charge in [0.2, 0.25) is 0 Å². The van der Waals surface area contributed by atoms with Crippen LogP contribution in [-0.4, -0.2) is 14.6 Å². The highest BCUT2D eigenvalue weighted by atomic mass is 19.1. The Kier molecular flexibility index (Phi) is 1.27. The number of halogens is 1. The van der Waals surface area contributed by atoms with Gasteiger partial charge in [0, 0.05) is 6.20 Å². The molecule has 58 valence electrons. The molecule has 4 nitrogen and oxygen atoms in total. The lowest BCUT2D eigenvalue weighted by Crippen LogP contribution is -1.89. The maximum atomic E-state index is 12.7. The Morgan fingerprint density at radius 1 is 1.58 bits per heavy atom. The topological polar surface area (TPSA) is 54.0 Å². The predicted octanol–water partition coefficient (Wildman–Crippen LogP) is 0.740. The summed E-state index contributed by atoms with van der Waals surface area (Å²) in [6.45, 7) is 0. The lowest BCUT2D eigenvalue weighted by Gasteiger charge is -1.93. The minimum Gasteiger partial charge on any atom is -0.285 e. The molecule has 0 spiro atoms. The van der Waals surface area contributed by atoms with Crippen molar-refractivity contribution in [2.75, 3.05) is 0 Å². The fourth-order valence-corrected chi connectivity index (χ4v) is 0.985. The van der Waals surface area contributed by atoms with Gasteiger partial charge in [-0.25, -0.2) is 4.39 Å². The molecule has 0 unspecified atom stereocenters. The number of nitriles is 1. The largest absolute Gasteiger partial charge is 0.285 e. The van der Waals surface area contributed by atoms with Gasteiger partial charge in [0.25, 0.3) is 0 Å². The van der Waals surface area contributed by atoms with Crippen molar-refractivity contribution in [3.05, 3.63) is 30.0 Å². The van der Waals surface area contributed by atoms with E-state index in [0.717, 1.165) is 6.07 Å². The second-order valence-corrected chi connectivity index (χ2v) is 2.25. The molecule has 0 aromatic carbocycles. The second kappa shape index (κ2) is 2.27. The van der Waals surface area contributed by atoms with Crippen molar-refractivity contribution >= 4 is 5.65 Å². The number of aromatic nitrogens is 3. The summed E-state index contributed by atoms with van der Waals surface area (Å²) in [5, 5.41) is 15.8. The van der Waals surface area contributed by atoms with Crippen LogP contribution in [0, 0.1) is 17.1 Å². The first-order valence-corrected chi connectivity index (χ1v) is 3.20. The highest BCUT2D eigenvalue weighted by Crippen LogP contribution is 2.08. The molecule has 5 heteroatoms. The van der Waals surface area contributed by atoms with Gasteiger partial charge in [0.1, 0.15) is 23.8 Å². The first-order chi connectivity index (χ1) is 5.81. The molecule has 12 heavy (non-hydrogen) atoms. The monoisotopic (exact) mass is 162 g/mol. The highest BCUT2D eigenvalue weighted by Gasteiger charge is 2.04. The Hall–Kier alpha value is -1.96. The summed E-state index contributed by atoms with van der Waals surface area (Å²) in [5.41, 5.74) is 0.561. The zero-order chi connectivity index (χ0) is 8.55. The molecule has 0 aliphatic rings. The molecule has 0 bridgehead atoms. The lowest BCUT2D eigenvalue weighted by atomic mass is 10.3. The van der Waals surface area contributed by atoms with Crippen LogP contribution in [0.4, 0.5) is 4.39 Å². The quantitative estimate of drug-likeness (QED) is 0.574. The van der Waals surface area contributed by atoms with Crippen molar-refractivity contribution in [2.45, 2.75) is 0 Å². The molecular formula is C7H3FN4. The van der Waals surface area contributed by atoms with Crippen molar-refractivity contribution < 1.29 is 4.39 Å². The second-order valence-electron chi connectivity index (χ2n) is 2.25. The Labute approximate surface area is 66.9 Å². The normalized spacial score (nSPS) is 10.0. The van der Waals surface area contributed by atoms with Crippen LogP contribution in [0.25, 0.3) is 5.65 Å². The standard InChI is InChI=1S/C7H3FN4/c8-6-1-5(2-9)7-11-10-4-12(7)3-6/h1,3-4H. The van der Waals surface area contributed by atoms with E-state index in [0.29, 0.717) is 5.65 Å². The van der Waals surface area contributed by atoms with E-state index in [2.05, 4.69) is 10.2 Å². The summed E-state index contributed by atoms with van der Waals surface area (Å²) in [7, 11) is 0. The SMILES string of the molecule is N#Cc1cc(F)cn2cnnc12. The zero-order valence-corrected chi connectivity index (χ0v) is 5.90. The van der Waals surface area contributed by atoms with Crippen LogP contribution in [-0.2, 0) is 0 Å². The third-order valence-electron chi connectivity index (χ3n) is 1.48. The minimum atomic E-state index is -0.473. The van der Waals surface area contributed by atoms with Crippen molar-refractivity contribution in [1.82, 2.24) is 14.6 Å². The number of hydrogen-bond acceptors (Lipinski definition) is 3. The van der Waals surface area contributed by atoms with E-state index in [-0.39, 0.29) is 5.56 Å². The Morgan fingerprint density at radius 3 is 3.17 bits per heavy atom. The van der Waals surface area contributed by atoms with E-state index in [9.17, 15) is 4.39 Å². The molecule has 0 aliphatic heterocycles. The number of fused-ring (bicyclic) bond motifs is 1. The molecule has 0 saturated carbocycles. The van der Waals surface area contributed by atoms with Gasteiger partial charge >= 0.3 is 0 Å². The summed E-state index contributed by atoms with van der Waals surface area (Å²) in [6.07, 6.45) is 2.56. The van der Waals surface area contributed by atoms with Gasteiger partial charge in [-0.1, -0.05) is 0 Å². The fourth-order valence-electron chi connectivity index (χ4n) is 0.985.